The van der Waals surface area contributed by atoms with Gasteiger partial charge >= 0.3 is 0 Å². The van der Waals surface area contributed by atoms with Gasteiger partial charge < -0.3 is 5.11 Å². The predicted octanol–water partition coefficient (Wildman–Crippen LogP) is 4.90. The van der Waals surface area contributed by atoms with Gasteiger partial charge in [-0.3, -0.25) is 0 Å². The molecule has 0 fully saturated rings. The highest BCUT2D eigenvalue weighted by Gasteiger charge is 2.15. The van der Waals surface area contributed by atoms with Crippen molar-refractivity contribution in [1.29, 1.82) is 0 Å². The molecular weight excluding hydrogens is 295 g/mol. The fraction of sp³-hybridized carbons (Fsp3) is 0.467. The zero-order valence-corrected chi connectivity index (χ0v) is 11.9. The smallest absolute Gasteiger partial charge is 0.124 e. The second kappa shape index (κ2) is 6.48. The van der Waals surface area contributed by atoms with E-state index in [9.17, 15) is 9.50 Å². The summed E-state index contributed by atoms with van der Waals surface area (Å²) in [7, 11) is 0. The van der Waals surface area contributed by atoms with Crippen LogP contribution in [0.15, 0.2) is 34.3 Å². The number of allylic oxidation sites excluding steroid dienone is 1. The lowest BCUT2D eigenvalue weighted by atomic mass is 9.93. The summed E-state index contributed by atoms with van der Waals surface area (Å²) in [5, 5.41) is 10.4. The number of rotatable bonds is 2. The number of hydrogen-bond acceptors (Lipinski definition) is 1. The zero-order chi connectivity index (χ0) is 13.0. The standard InChI is InChI=1S/C15H18BrFO/c16-13-8-12(9-14(17)10-13)15(18)11-6-4-2-1-3-5-7-11/h6,8-10,15,18H,1-5,7H2/b11-6+. The zero-order valence-electron chi connectivity index (χ0n) is 10.3. The van der Waals surface area contributed by atoms with Crippen LogP contribution in [0.3, 0.4) is 0 Å². The first-order valence-electron chi connectivity index (χ1n) is 6.50. The molecule has 0 aliphatic heterocycles. The molecule has 2 rings (SSSR count). The van der Waals surface area contributed by atoms with E-state index in [-0.39, 0.29) is 5.82 Å². The quantitative estimate of drug-likeness (QED) is 0.770. The highest BCUT2D eigenvalue weighted by molar-refractivity contribution is 9.10. The van der Waals surface area contributed by atoms with Crippen molar-refractivity contribution in [2.75, 3.05) is 0 Å². The molecule has 0 amide bonds. The van der Waals surface area contributed by atoms with Crippen molar-refractivity contribution < 1.29 is 9.50 Å². The van der Waals surface area contributed by atoms with Crippen molar-refractivity contribution in [3.8, 4) is 0 Å². The van der Waals surface area contributed by atoms with Gasteiger partial charge in [0.25, 0.3) is 0 Å². The van der Waals surface area contributed by atoms with Crippen molar-refractivity contribution in [3.05, 3.63) is 45.7 Å². The van der Waals surface area contributed by atoms with Crippen molar-refractivity contribution in [3.63, 3.8) is 0 Å². The molecule has 0 aromatic heterocycles. The molecule has 0 saturated heterocycles. The van der Waals surface area contributed by atoms with Gasteiger partial charge in [-0.15, -0.1) is 0 Å². The Morgan fingerprint density at radius 2 is 1.89 bits per heavy atom. The van der Waals surface area contributed by atoms with Crippen LogP contribution in [0.5, 0.6) is 0 Å². The van der Waals surface area contributed by atoms with Gasteiger partial charge in [-0.2, -0.15) is 0 Å². The fourth-order valence-corrected chi connectivity index (χ4v) is 2.90. The van der Waals surface area contributed by atoms with E-state index in [1.165, 1.54) is 31.4 Å². The third kappa shape index (κ3) is 3.66. The summed E-state index contributed by atoms with van der Waals surface area (Å²) in [4.78, 5) is 0. The van der Waals surface area contributed by atoms with E-state index in [1.807, 2.05) is 0 Å². The van der Waals surface area contributed by atoms with Gasteiger partial charge in [0.1, 0.15) is 11.9 Å². The predicted molar refractivity (Wildman–Crippen MR) is 74.8 cm³/mol. The Bertz CT molecular complexity index is 422. The molecule has 1 atom stereocenters. The minimum atomic E-state index is -0.671. The lowest BCUT2D eigenvalue weighted by molar-refractivity contribution is 0.208. The molecule has 18 heavy (non-hydrogen) atoms. The van der Waals surface area contributed by atoms with Crippen LogP contribution in [0.25, 0.3) is 0 Å². The first kappa shape index (κ1) is 13.8. The van der Waals surface area contributed by atoms with E-state index in [1.54, 1.807) is 6.07 Å². The van der Waals surface area contributed by atoms with Crippen molar-refractivity contribution in [1.82, 2.24) is 0 Å². The van der Waals surface area contributed by atoms with E-state index in [0.717, 1.165) is 24.8 Å². The maximum absolute atomic E-state index is 13.3. The minimum absolute atomic E-state index is 0.315. The first-order chi connectivity index (χ1) is 8.66. The molecule has 1 aliphatic carbocycles. The molecule has 1 aliphatic rings. The number of hydrogen-bond donors (Lipinski definition) is 1. The molecule has 0 radical (unpaired) electrons. The highest BCUT2D eigenvalue weighted by atomic mass is 79.9. The minimum Gasteiger partial charge on any atom is -0.384 e. The van der Waals surface area contributed by atoms with Crippen molar-refractivity contribution in [2.45, 2.75) is 44.6 Å². The summed E-state index contributed by atoms with van der Waals surface area (Å²) in [5.74, 6) is -0.315. The van der Waals surface area contributed by atoms with Gasteiger partial charge in [0.15, 0.2) is 0 Å². The van der Waals surface area contributed by atoms with E-state index < -0.39 is 6.10 Å². The van der Waals surface area contributed by atoms with Gasteiger partial charge in [-0.05, 0) is 55.0 Å². The normalized spacial score (nSPS) is 21.6. The van der Waals surface area contributed by atoms with E-state index in [4.69, 9.17) is 0 Å². The molecule has 1 aromatic carbocycles. The Morgan fingerprint density at radius 1 is 1.11 bits per heavy atom. The van der Waals surface area contributed by atoms with E-state index >= 15 is 0 Å². The van der Waals surface area contributed by atoms with Gasteiger partial charge in [0, 0.05) is 4.47 Å². The maximum atomic E-state index is 13.3. The lowest BCUT2D eigenvalue weighted by Gasteiger charge is -2.18. The average molecular weight is 313 g/mol. The second-order valence-electron chi connectivity index (χ2n) is 4.84. The van der Waals surface area contributed by atoms with Crippen LogP contribution in [0.2, 0.25) is 0 Å². The van der Waals surface area contributed by atoms with Gasteiger partial charge in [-0.25, -0.2) is 4.39 Å². The summed E-state index contributed by atoms with van der Waals surface area (Å²) in [5.41, 5.74) is 1.67. The Balaban J connectivity index is 2.20. The lowest BCUT2D eigenvalue weighted by Crippen LogP contribution is -2.04. The third-order valence-corrected chi connectivity index (χ3v) is 3.84. The molecule has 0 saturated carbocycles. The Labute approximate surface area is 116 Å². The Kier molecular flexibility index (Phi) is 4.95. The van der Waals surface area contributed by atoms with Crippen molar-refractivity contribution >= 4 is 15.9 Å². The fourth-order valence-electron chi connectivity index (χ4n) is 2.41. The molecule has 1 nitrogen and oxygen atoms in total. The number of aliphatic hydroxyl groups is 1. The number of aliphatic hydroxyl groups excluding tert-OH is 1. The van der Waals surface area contributed by atoms with Crippen LogP contribution in [-0.4, -0.2) is 5.11 Å². The molecule has 98 valence electrons. The van der Waals surface area contributed by atoms with E-state index in [2.05, 4.69) is 22.0 Å². The van der Waals surface area contributed by atoms with Crippen LogP contribution in [-0.2, 0) is 0 Å². The summed E-state index contributed by atoms with van der Waals surface area (Å²) in [6.45, 7) is 0. The van der Waals surface area contributed by atoms with Crippen LogP contribution >= 0.6 is 15.9 Å². The van der Waals surface area contributed by atoms with Gasteiger partial charge in [0.05, 0.1) is 0 Å². The molecule has 0 heterocycles. The summed E-state index contributed by atoms with van der Waals surface area (Å²) in [6.07, 6.45) is 8.17. The van der Waals surface area contributed by atoms with E-state index in [0.29, 0.717) is 10.0 Å². The number of benzene rings is 1. The Morgan fingerprint density at radius 3 is 2.67 bits per heavy atom. The Hall–Kier alpha value is -0.670. The monoisotopic (exact) mass is 312 g/mol. The third-order valence-electron chi connectivity index (χ3n) is 3.38. The number of halogens is 2. The summed E-state index contributed by atoms with van der Waals surface area (Å²) >= 11 is 3.26. The highest BCUT2D eigenvalue weighted by Crippen LogP contribution is 2.30. The molecule has 1 unspecified atom stereocenters. The maximum Gasteiger partial charge on any atom is 0.124 e. The van der Waals surface area contributed by atoms with Crippen LogP contribution in [0.1, 0.15) is 50.2 Å². The molecule has 0 bridgehead atoms. The average Bonchev–Trinajstić information content (AvgIpc) is 2.26. The molecule has 3 heteroatoms. The molecule has 1 N–H and O–H groups in total. The molecule has 1 aromatic rings. The SMILES string of the molecule is OC(/C1=C/CCCCCC1)c1cc(F)cc(Br)c1. The van der Waals surface area contributed by atoms with Crippen LogP contribution in [0.4, 0.5) is 4.39 Å². The topological polar surface area (TPSA) is 20.2 Å². The van der Waals surface area contributed by atoms with Gasteiger partial charge in [-0.1, -0.05) is 34.8 Å². The summed E-state index contributed by atoms with van der Waals surface area (Å²) < 4.78 is 14.0. The molecule has 0 spiro atoms. The van der Waals surface area contributed by atoms with Crippen molar-refractivity contribution in [2.24, 2.45) is 0 Å². The summed E-state index contributed by atoms with van der Waals surface area (Å²) in [6, 6.07) is 4.60. The van der Waals surface area contributed by atoms with Gasteiger partial charge in [0.2, 0.25) is 0 Å². The molecular formula is C15H18BrFO. The largest absolute Gasteiger partial charge is 0.384 e. The van der Waals surface area contributed by atoms with Crippen LogP contribution in [0, 0.1) is 5.82 Å². The first-order valence-corrected chi connectivity index (χ1v) is 7.29. The second-order valence-corrected chi connectivity index (χ2v) is 5.75. The van der Waals surface area contributed by atoms with Crippen LogP contribution < -0.4 is 0 Å².